The van der Waals surface area contributed by atoms with Crippen LogP contribution in [0.15, 0.2) is 21.7 Å². The summed E-state index contributed by atoms with van der Waals surface area (Å²) in [5.74, 6) is 0.334. The van der Waals surface area contributed by atoms with Gasteiger partial charge in [-0.15, -0.1) is 0 Å². The van der Waals surface area contributed by atoms with Gasteiger partial charge >= 0.3 is 0 Å². The number of Topliss-reactive ketones (excluding diaryl/α,β-unsaturated/α-hetero) is 1. The van der Waals surface area contributed by atoms with Crippen LogP contribution in [-0.2, 0) is 4.79 Å². The second kappa shape index (κ2) is 2.59. The van der Waals surface area contributed by atoms with Crippen molar-refractivity contribution in [3.63, 3.8) is 0 Å². The molecular weight excluding hydrogens is 204 g/mol. The van der Waals surface area contributed by atoms with Gasteiger partial charge in [-0.05, 0) is 30.4 Å². The summed E-state index contributed by atoms with van der Waals surface area (Å²) in [5, 5.41) is 0. The summed E-state index contributed by atoms with van der Waals surface area (Å²) < 4.78 is 1.16. The van der Waals surface area contributed by atoms with E-state index in [4.69, 9.17) is 0 Å². The van der Waals surface area contributed by atoms with Crippen molar-refractivity contribution in [3.05, 3.63) is 21.7 Å². The van der Waals surface area contributed by atoms with E-state index < -0.39 is 0 Å². The zero-order chi connectivity index (χ0) is 7.84. The molecule has 1 nitrogen and oxygen atoms in total. The molecule has 0 saturated heterocycles. The number of carbonyl (C=O) groups is 1. The van der Waals surface area contributed by atoms with Crippen LogP contribution in [0.4, 0.5) is 0 Å². The molecule has 0 fully saturated rings. The standard InChI is InChI=1S/C9H9BrO/c10-8-4-5-9(11)7-3-1-2-6(7)8/h4H,1-3,5H2. The molecule has 0 radical (unpaired) electrons. The minimum atomic E-state index is 0.334. The lowest BCUT2D eigenvalue weighted by Gasteiger charge is -2.09. The summed E-state index contributed by atoms with van der Waals surface area (Å²) in [5.41, 5.74) is 2.35. The van der Waals surface area contributed by atoms with Crippen LogP contribution in [0.3, 0.4) is 0 Å². The van der Waals surface area contributed by atoms with Crippen molar-refractivity contribution in [2.24, 2.45) is 0 Å². The van der Waals surface area contributed by atoms with E-state index in [1.165, 1.54) is 5.57 Å². The Morgan fingerprint density at radius 1 is 1.27 bits per heavy atom. The smallest absolute Gasteiger partial charge is 0.162 e. The second-order valence-corrected chi connectivity index (χ2v) is 3.84. The van der Waals surface area contributed by atoms with E-state index >= 15 is 0 Å². The van der Waals surface area contributed by atoms with Crippen molar-refractivity contribution in [2.75, 3.05) is 0 Å². The molecule has 58 valence electrons. The predicted molar refractivity (Wildman–Crippen MR) is 47.5 cm³/mol. The number of rotatable bonds is 0. The molecule has 0 aromatic rings. The maximum atomic E-state index is 11.3. The molecule has 0 saturated carbocycles. The SMILES string of the molecule is O=C1CC=C(Br)C2=C1CCC2. The van der Waals surface area contributed by atoms with Gasteiger partial charge in [0.05, 0.1) is 0 Å². The summed E-state index contributed by atoms with van der Waals surface area (Å²) in [7, 11) is 0. The molecule has 2 rings (SSSR count). The first kappa shape index (κ1) is 7.29. The summed E-state index contributed by atoms with van der Waals surface area (Å²) in [6, 6.07) is 0. The fourth-order valence-corrected chi connectivity index (χ4v) is 2.34. The third-order valence-corrected chi connectivity index (χ3v) is 3.11. The van der Waals surface area contributed by atoms with Crippen LogP contribution in [0.5, 0.6) is 0 Å². The molecule has 0 bridgehead atoms. The van der Waals surface area contributed by atoms with Crippen molar-refractivity contribution in [2.45, 2.75) is 25.7 Å². The number of ketones is 1. The summed E-state index contributed by atoms with van der Waals surface area (Å²) >= 11 is 3.47. The number of hydrogen-bond acceptors (Lipinski definition) is 1. The van der Waals surface area contributed by atoms with E-state index in [0.717, 1.165) is 29.3 Å². The van der Waals surface area contributed by atoms with Gasteiger partial charge in [0, 0.05) is 10.9 Å². The van der Waals surface area contributed by atoms with Gasteiger partial charge in [-0.25, -0.2) is 0 Å². The molecule has 11 heavy (non-hydrogen) atoms. The van der Waals surface area contributed by atoms with E-state index in [2.05, 4.69) is 15.9 Å². The highest BCUT2D eigenvalue weighted by Gasteiger charge is 2.24. The second-order valence-electron chi connectivity index (χ2n) is 2.99. The molecule has 0 amide bonds. The molecule has 0 atom stereocenters. The molecule has 0 aromatic heterocycles. The Bertz CT molecular complexity index is 267. The normalized spacial score (nSPS) is 23.7. The fourth-order valence-electron chi connectivity index (χ4n) is 1.74. The molecule has 0 unspecified atom stereocenters. The van der Waals surface area contributed by atoms with E-state index in [9.17, 15) is 4.79 Å². The van der Waals surface area contributed by atoms with Crippen molar-refractivity contribution in [1.29, 1.82) is 0 Å². The Morgan fingerprint density at radius 3 is 2.73 bits per heavy atom. The Balaban J connectivity index is 2.44. The van der Waals surface area contributed by atoms with E-state index in [-0.39, 0.29) is 0 Å². The third-order valence-electron chi connectivity index (χ3n) is 2.31. The average molecular weight is 213 g/mol. The minimum Gasteiger partial charge on any atom is -0.294 e. The topological polar surface area (TPSA) is 17.1 Å². The zero-order valence-corrected chi connectivity index (χ0v) is 7.78. The van der Waals surface area contributed by atoms with Crippen LogP contribution in [-0.4, -0.2) is 5.78 Å². The molecule has 2 aliphatic carbocycles. The summed E-state index contributed by atoms with van der Waals surface area (Å²) in [4.78, 5) is 11.3. The van der Waals surface area contributed by atoms with Crippen LogP contribution in [0.25, 0.3) is 0 Å². The highest BCUT2D eigenvalue weighted by atomic mass is 79.9. The lowest BCUT2D eigenvalue weighted by atomic mass is 9.99. The summed E-state index contributed by atoms with van der Waals surface area (Å²) in [6.07, 6.45) is 5.81. The largest absolute Gasteiger partial charge is 0.294 e. The van der Waals surface area contributed by atoms with E-state index in [1.54, 1.807) is 0 Å². The molecule has 0 heterocycles. The Kier molecular flexibility index (Phi) is 1.72. The van der Waals surface area contributed by atoms with Crippen LogP contribution in [0.1, 0.15) is 25.7 Å². The number of carbonyl (C=O) groups excluding carboxylic acids is 1. The Hall–Kier alpha value is -0.370. The van der Waals surface area contributed by atoms with Gasteiger partial charge < -0.3 is 0 Å². The van der Waals surface area contributed by atoms with Crippen LogP contribution in [0.2, 0.25) is 0 Å². The zero-order valence-electron chi connectivity index (χ0n) is 6.19. The van der Waals surface area contributed by atoms with E-state index in [0.29, 0.717) is 12.2 Å². The lowest BCUT2D eigenvalue weighted by molar-refractivity contribution is -0.115. The quantitative estimate of drug-likeness (QED) is 0.604. The molecule has 0 spiro atoms. The Morgan fingerprint density at radius 2 is 2.00 bits per heavy atom. The predicted octanol–water partition coefficient (Wildman–Crippen LogP) is 2.72. The third kappa shape index (κ3) is 1.09. The first-order valence-corrected chi connectivity index (χ1v) is 4.69. The van der Waals surface area contributed by atoms with Crippen molar-refractivity contribution in [3.8, 4) is 0 Å². The molecule has 0 N–H and O–H groups in total. The molecule has 2 aliphatic rings. The van der Waals surface area contributed by atoms with Gasteiger partial charge in [0.25, 0.3) is 0 Å². The van der Waals surface area contributed by atoms with Gasteiger partial charge in [-0.2, -0.15) is 0 Å². The van der Waals surface area contributed by atoms with Gasteiger partial charge in [-0.1, -0.05) is 22.0 Å². The minimum absolute atomic E-state index is 0.334. The molecule has 2 heteroatoms. The lowest BCUT2D eigenvalue weighted by Crippen LogP contribution is -2.05. The highest BCUT2D eigenvalue weighted by Crippen LogP contribution is 2.38. The van der Waals surface area contributed by atoms with Crippen LogP contribution in [0, 0.1) is 0 Å². The first-order chi connectivity index (χ1) is 5.29. The number of hydrogen-bond donors (Lipinski definition) is 0. The van der Waals surface area contributed by atoms with Crippen LogP contribution >= 0.6 is 15.9 Å². The number of allylic oxidation sites excluding steroid dienone is 4. The maximum absolute atomic E-state index is 11.3. The van der Waals surface area contributed by atoms with Gasteiger partial charge in [0.2, 0.25) is 0 Å². The maximum Gasteiger partial charge on any atom is 0.162 e. The van der Waals surface area contributed by atoms with Crippen molar-refractivity contribution in [1.82, 2.24) is 0 Å². The number of halogens is 1. The van der Waals surface area contributed by atoms with Crippen molar-refractivity contribution >= 4 is 21.7 Å². The van der Waals surface area contributed by atoms with Gasteiger partial charge in [-0.3, -0.25) is 4.79 Å². The molecular formula is C9H9BrO. The first-order valence-electron chi connectivity index (χ1n) is 3.90. The van der Waals surface area contributed by atoms with Crippen molar-refractivity contribution < 1.29 is 4.79 Å². The molecule has 0 aromatic carbocycles. The monoisotopic (exact) mass is 212 g/mol. The average Bonchev–Trinajstić information content (AvgIpc) is 2.45. The van der Waals surface area contributed by atoms with Gasteiger partial charge in [0.15, 0.2) is 5.78 Å². The van der Waals surface area contributed by atoms with Gasteiger partial charge in [0.1, 0.15) is 0 Å². The molecule has 0 aliphatic heterocycles. The fraction of sp³-hybridized carbons (Fsp3) is 0.444. The highest BCUT2D eigenvalue weighted by molar-refractivity contribution is 9.12. The summed E-state index contributed by atoms with van der Waals surface area (Å²) in [6.45, 7) is 0. The van der Waals surface area contributed by atoms with Crippen LogP contribution < -0.4 is 0 Å². The van der Waals surface area contributed by atoms with E-state index in [1.807, 2.05) is 6.08 Å². The Labute approximate surface area is 74.3 Å².